The first-order valence-electron chi connectivity index (χ1n) is 9.68. The molecule has 0 radical (unpaired) electrons. The molecule has 1 aliphatic heterocycles. The van der Waals surface area contributed by atoms with Crippen LogP contribution in [0, 0.1) is 0 Å². The zero-order valence-corrected chi connectivity index (χ0v) is 17.2. The number of halogens is 1. The van der Waals surface area contributed by atoms with Crippen molar-refractivity contribution in [1.29, 1.82) is 0 Å². The first kappa shape index (κ1) is 19.8. The molecular weight excluding hydrogens is 398 g/mol. The zero-order chi connectivity index (χ0) is 20.8. The van der Waals surface area contributed by atoms with Gasteiger partial charge in [-0.05, 0) is 29.8 Å². The lowest BCUT2D eigenvalue weighted by Gasteiger charge is -2.36. The summed E-state index contributed by atoms with van der Waals surface area (Å²) in [5.41, 5.74) is 8.70. The third-order valence-corrected chi connectivity index (χ3v) is 5.10. The van der Waals surface area contributed by atoms with Crippen LogP contribution in [0.15, 0.2) is 77.2 Å². The van der Waals surface area contributed by atoms with E-state index in [1.54, 1.807) is 30.7 Å². The fourth-order valence-electron chi connectivity index (χ4n) is 3.22. The maximum atomic E-state index is 6.07. The molecule has 2 heterocycles. The molecule has 1 aliphatic rings. The van der Waals surface area contributed by atoms with Gasteiger partial charge in [-0.15, -0.1) is 5.10 Å². The van der Waals surface area contributed by atoms with Crippen LogP contribution in [0.4, 0.5) is 11.5 Å². The van der Waals surface area contributed by atoms with Gasteiger partial charge in [-0.2, -0.15) is 5.10 Å². The van der Waals surface area contributed by atoms with Crippen LogP contribution in [0.3, 0.4) is 0 Å². The first-order valence-corrected chi connectivity index (χ1v) is 10.1. The van der Waals surface area contributed by atoms with E-state index in [-0.39, 0.29) is 5.84 Å². The summed E-state index contributed by atoms with van der Waals surface area (Å²) in [5.74, 6) is 1.01. The zero-order valence-electron chi connectivity index (χ0n) is 16.4. The number of nitrogens with two attached hydrogens (primary N) is 1. The molecule has 0 bridgehead atoms. The Morgan fingerprint density at radius 1 is 0.933 bits per heavy atom. The number of hydrogen-bond donors (Lipinski definition) is 1. The Kier molecular flexibility index (Phi) is 6.20. The lowest BCUT2D eigenvalue weighted by molar-refractivity contribution is 0.646. The summed E-state index contributed by atoms with van der Waals surface area (Å²) in [6.07, 6.45) is 4.97. The highest BCUT2D eigenvalue weighted by atomic mass is 35.5. The summed E-state index contributed by atoms with van der Waals surface area (Å²) < 4.78 is 0. The smallest absolute Gasteiger partial charge is 0.173 e. The van der Waals surface area contributed by atoms with E-state index in [2.05, 4.69) is 54.2 Å². The van der Waals surface area contributed by atoms with Gasteiger partial charge in [0.25, 0.3) is 0 Å². The topological polar surface area (TPSA) is 83.0 Å². The summed E-state index contributed by atoms with van der Waals surface area (Å²) in [7, 11) is 0. The lowest BCUT2D eigenvalue weighted by Crippen LogP contribution is -2.47. The number of amidine groups is 1. The monoisotopic (exact) mass is 419 g/mol. The molecular formula is C22H22ClN7. The fraction of sp³-hybridized carbons (Fsp3) is 0.182. The Balaban J connectivity index is 1.40. The number of piperazine rings is 1. The second-order valence-electron chi connectivity index (χ2n) is 6.85. The molecule has 152 valence electrons. The normalized spacial score (nSPS) is 15.0. The predicted octanol–water partition coefficient (Wildman–Crippen LogP) is 3.20. The molecule has 30 heavy (non-hydrogen) atoms. The Morgan fingerprint density at radius 2 is 1.63 bits per heavy atom. The number of anilines is 2. The molecule has 2 N–H and O–H groups in total. The number of rotatable bonds is 5. The van der Waals surface area contributed by atoms with Crippen LogP contribution < -0.4 is 15.5 Å². The minimum absolute atomic E-state index is 0.220. The summed E-state index contributed by atoms with van der Waals surface area (Å²) in [6, 6.07) is 17.7. The van der Waals surface area contributed by atoms with E-state index in [9.17, 15) is 0 Å². The van der Waals surface area contributed by atoms with Gasteiger partial charge in [0.15, 0.2) is 5.84 Å². The largest absolute Gasteiger partial charge is 0.380 e. The number of hydrogen-bond acceptors (Lipinski definition) is 6. The maximum absolute atomic E-state index is 6.07. The SMILES string of the molecule is N/C(=N\N=C\c1ccc(Cl)cc1)c1cncc(N2CCN(c3ccccc3)CC2)n1. The van der Waals surface area contributed by atoms with Crippen LogP contribution in [0.25, 0.3) is 0 Å². The highest BCUT2D eigenvalue weighted by molar-refractivity contribution is 6.30. The number of benzene rings is 2. The number of aromatic nitrogens is 2. The Bertz CT molecular complexity index is 1030. The fourth-order valence-corrected chi connectivity index (χ4v) is 3.35. The molecule has 2 aromatic carbocycles. The van der Waals surface area contributed by atoms with Crippen LogP contribution in [0.1, 0.15) is 11.3 Å². The summed E-state index contributed by atoms with van der Waals surface area (Å²) >= 11 is 5.88. The second-order valence-corrected chi connectivity index (χ2v) is 7.29. The first-order chi connectivity index (χ1) is 14.7. The third-order valence-electron chi connectivity index (χ3n) is 4.85. The van der Waals surface area contributed by atoms with E-state index in [0.717, 1.165) is 37.6 Å². The van der Waals surface area contributed by atoms with Crippen molar-refractivity contribution in [3.05, 3.63) is 83.3 Å². The summed E-state index contributed by atoms with van der Waals surface area (Å²) in [6.45, 7) is 3.56. The van der Waals surface area contributed by atoms with E-state index in [4.69, 9.17) is 17.3 Å². The summed E-state index contributed by atoms with van der Waals surface area (Å²) in [5, 5.41) is 8.76. The molecule has 1 fully saturated rings. The molecule has 1 saturated heterocycles. The third kappa shape index (κ3) is 4.93. The second kappa shape index (κ2) is 9.37. The highest BCUT2D eigenvalue weighted by Crippen LogP contribution is 2.18. The van der Waals surface area contributed by atoms with Crippen LogP contribution in [0.5, 0.6) is 0 Å². The van der Waals surface area contributed by atoms with E-state index < -0.39 is 0 Å². The quantitative estimate of drug-likeness (QED) is 0.390. The van der Waals surface area contributed by atoms with Crippen molar-refractivity contribution in [2.24, 2.45) is 15.9 Å². The van der Waals surface area contributed by atoms with Crippen molar-refractivity contribution >= 4 is 35.2 Å². The highest BCUT2D eigenvalue weighted by Gasteiger charge is 2.19. The summed E-state index contributed by atoms with van der Waals surface area (Å²) in [4.78, 5) is 13.5. The van der Waals surface area contributed by atoms with Crippen molar-refractivity contribution < 1.29 is 0 Å². The minimum atomic E-state index is 0.220. The van der Waals surface area contributed by atoms with Gasteiger partial charge in [0, 0.05) is 36.9 Å². The van der Waals surface area contributed by atoms with Crippen molar-refractivity contribution in [2.45, 2.75) is 0 Å². The Hall–Kier alpha value is -3.45. The molecule has 8 heteroatoms. The molecule has 7 nitrogen and oxygen atoms in total. The average molecular weight is 420 g/mol. The number of nitrogens with zero attached hydrogens (tertiary/aromatic N) is 6. The Labute approximate surface area is 180 Å². The van der Waals surface area contributed by atoms with E-state index in [1.807, 2.05) is 18.2 Å². The van der Waals surface area contributed by atoms with Crippen LogP contribution in [0.2, 0.25) is 5.02 Å². The molecule has 0 atom stereocenters. The predicted molar refractivity (Wildman–Crippen MR) is 123 cm³/mol. The van der Waals surface area contributed by atoms with Gasteiger partial charge in [0.1, 0.15) is 11.5 Å². The van der Waals surface area contributed by atoms with Crippen LogP contribution >= 0.6 is 11.6 Å². The molecule has 0 amide bonds. The average Bonchev–Trinajstić information content (AvgIpc) is 2.81. The molecule has 4 rings (SSSR count). The van der Waals surface area contributed by atoms with Gasteiger partial charge >= 0.3 is 0 Å². The van der Waals surface area contributed by atoms with E-state index >= 15 is 0 Å². The van der Waals surface area contributed by atoms with Gasteiger partial charge in [0.2, 0.25) is 0 Å². The van der Waals surface area contributed by atoms with Crippen LogP contribution in [-0.2, 0) is 0 Å². The van der Waals surface area contributed by atoms with Gasteiger partial charge < -0.3 is 15.5 Å². The van der Waals surface area contributed by atoms with Crippen molar-refractivity contribution in [1.82, 2.24) is 9.97 Å². The molecule has 0 unspecified atom stereocenters. The minimum Gasteiger partial charge on any atom is -0.380 e. The molecule has 1 aromatic heterocycles. The van der Waals surface area contributed by atoms with E-state index in [1.165, 1.54) is 5.69 Å². The molecule has 0 saturated carbocycles. The molecule has 0 aliphatic carbocycles. The lowest BCUT2D eigenvalue weighted by atomic mass is 10.2. The molecule has 0 spiro atoms. The van der Waals surface area contributed by atoms with Crippen LogP contribution in [-0.4, -0.2) is 48.2 Å². The van der Waals surface area contributed by atoms with Gasteiger partial charge in [0.05, 0.1) is 18.6 Å². The maximum Gasteiger partial charge on any atom is 0.173 e. The van der Waals surface area contributed by atoms with Gasteiger partial charge in [-0.1, -0.05) is 41.9 Å². The van der Waals surface area contributed by atoms with Gasteiger partial charge in [-0.3, -0.25) is 4.98 Å². The Morgan fingerprint density at radius 3 is 2.37 bits per heavy atom. The van der Waals surface area contributed by atoms with E-state index in [0.29, 0.717) is 10.7 Å². The number of para-hydroxylation sites is 1. The van der Waals surface area contributed by atoms with Gasteiger partial charge in [-0.25, -0.2) is 4.98 Å². The van der Waals surface area contributed by atoms with Crippen molar-refractivity contribution in [3.63, 3.8) is 0 Å². The van der Waals surface area contributed by atoms with Crippen molar-refractivity contribution in [3.8, 4) is 0 Å². The molecule has 3 aromatic rings. The van der Waals surface area contributed by atoms with Crippen molar-refractivity contribution in [2.75, 3.05) is 36.0 Å². The standard InChI is InChI=1S/C22H22ClN7/c23-18-8-6-17(7-9-18)14-26-28-22(24)20-15-25-16-21(27-20)30-12-10-29(11-13-30)19-4-2-1-3-5-19/h1-9,14-16H,10-13H2,(H2,24,28)/b26-14+.